The first-order valence-electron chi connectivity index (χ1n) is 12.2. The Morgan fingerprint density at radius 2 is 2.00 bits per heavy atom. The first kappa shape index (κ1) is 25.6. The van der Waals surface area contributed by atoms with E-state index in [1.807, 2.05) is 40.6 Å². The van der Waals surface area contributed by atoms with Crippen LogP contribution >= 0.6 is 11.3 Å². The molecule has 196 valence electrons. The van der Waals surface area contributed by atoms with Gasteiger partial charge in [-0.1, -0.05) is 30.3 Å². The highest BCUT2D eigenvalue weighted by atomic mass is 32.1. The Kier molecular flexibility index (Phi) is 7.47. The second kappa shape index (κ2) is 11.1. The van der Waals surface area contributed by atoms with Gasteiger partial charge in [-0.25, -0.2) is 19.2 Å². The SMILES string of the molecule is CC1CN(c2ccc(Nc3nccc(N(Cc4csc(-c5ccccc5)n4)C(=O)O)n3)cc2F)CCN1C. The van der Waals surface area contributed by atoms with E-state index in [0.29, 0.717) is 23.1 Å². The number of rotatable bonds is 7. The van der Waals surface area contributed by atoms with Gasteiger partial charge in [-0.05, 0) is 38.2 Å². The molecule has 3 heterocycles. The molecule has 11 heteroatoms. The zero-order chi connectivity index (χ0) is 26.6. The van der Waals surface area contributed by atoms with Gasteiger partial charge in [0, 0.05) is 48.5 Å². The van der Waals surface area contributed by atoms with E-state index in [1.54, 1.807) is 12.1 Å². The molecule has 1 amide bonds. The molecule has 0 radical (unpaired) electrons. The van der Waals surface area contributed by atoms with Crippen LogP contribution in [0.5, 0.6) is 0 Å². The number of halogens is 1. The summed E-state index contributed by atoms with van der Waals surface area (Å²) < 4.78 is 15.0. The molecular weight excluding hydrogens is 505 g/mol. The average molecular weight is 534 g/mol. The predicted molar refractivity (Wildman–Crippen MR) is 148 cm³/mol. The minimum absolute atomic E-state index is 0.0297. The van der Waals surface area contributed by atoms with Crippen molar-refractivity contribution in [2.24, 2.45) is 0 Å². The molecule has 2 N–H and O–H groups in total. The lowest BCUT2D eigenvalue weighted by Gasteiger charge is -2.39. The third-order valence-electron chi connectivity index (χ3n) is 6.55. The summed E-state index contributed by atoms with van der Waals surface area (Å²) in [4.78, 5) is 30.7. The number of hydrogen-bond donors (Lipinski definition) is 2. The summed E-state index contributed by atoms with van der Waals surface area (Å²) >= 11 is 1.45. The maximum absolute atomic E-state index is 15.0. The van der Waals surface area contributed by atoms with Gasteiger partial charge in [0.05, 0.1) is 17.9 Å². The minimum Gasteiger partial charge on any atom is -0.465 e. The van der Waals surface area contributed by atoms with Crippen molar-refractivity contribution in [1.82, 2.24) is 19.9 Å². The number of nitrogens with zero attached hydrogens (tertiary/aromatic N) is 6. The van der Waals surface area contributed by atoms with E-state index in [-0.39, 0.29) is 24.1 Å². The van der Waals surface area contributed by atoms with Crippen molar-refractivity contribution in [3.05, 3.63) is 77.7 Å². The van der Waals surface area contributed by atoms with Crippen LogP contribution in [0.2, 0.25) is 0 Å². The lowest BCUT2D eigenvalue weighted by Crippen LogP contribution is -2.50. The number of aromatic nitrogens is 3. The molecule has 0 aliphatic carbocycles. The van der Waals surface area contributed by atoms with Gasteiger partial charge in [0.1, 0.15) is 16.6 Å². The summed E-state index contributed by atoms with van der Waals surface area (Å²) in [7, 11) is 2.07. The Hall–Kier alpha value is -4.09. The molecule has 2 aromatic heterocycles. The summed E-state index contributed by atoms with van der Waals surface area (Å²) in [6.07, 6.45) is 0.300. The summed E-state index contributed by atoms with van der Waals surface area (Å²) in [5, 5.41) is 15.5. The molecule has 1 aliphatic heterocycles. The van der Waals surface area contributed by atoms with Gasteiger partial charge >= 0.3 is 6.09 Å². The number of likely N-dealkylation sites (N-methyl/N-ethyl adjacent to an activating group) is 1. The largest absolute Gasteiger partial charge is 0.465 e. The van der Waals surface area contributed by atoms with E-state index in [1.165, 1.54) is 29.7 Å². The van der Waals surface area contributed by atoms with Crippen molar-refractivity contribution in [3.63, 3.8) is 0 Å². The summed E-state index contributed by atoms with van der Waals surface area (Å²) in [6, 6.07) is 16.5. The highest BCUT2D eigenvalue weighted by Gasteiger charge is 2.23. The molecule has 2 aromatic carbocycles. The van der Waals surface area contributed by atoms with Gasteiger partial charge in [0.25, 0.3) is 0 Å². The monoisotopic (exact) mass is 533 g/mol. The summed E-state index contributed by atoms with van der Waals surface area (Å²) in [5.74, 6) is 0.0120. The molecule has 1 atom stereocenters. The Bertz CT molecular complexity index is 1420. The van der Waals surface area contributed by atoms with E-state index >= 15 is 4.39 Å². The quantitative estimate of drug-likeness (QED) is 0.330. The van der Waals surface area contributed by atoms with E-state index in [0.717, 1.165) is 35.1 Å². The topological polar surface area (TPSA) is 97.7 Å². The third kappa shape index (κ3) is 5.74. The molecule has 5 rings (SSSR count). The van der Waals surface area contributed by atoms with Crippen molar-refractivity contribution in [1.29, 1.82) is 0 Å². The highest BCUT2D eigenvalue weighted by Crippen LogP contribution is 2.28. The van der Waals surface area contributed by atoms with Crippen LogP contribution in [0.1, 0.15) is 12.6 Å². The maximum Gasteiger partial charge on any atom is 0.413 e. The number of benzene rings is 2. The summed E-state index contributed by atoms with van der Waals surface area (Å²) in [5.41, 5.74) is 2.61. The zero-order valence-corrected chi connectivity index (χ0v) is 21.9. The van der Waals surface area contributed by atoms with Gasteiger partial charge in [-0.2, -0.15) is 4.98 Å². The molecule has 4 aromatic rings. The number of anilines is 4. The average Bonchev–Trinajstić information content (AvgIpc) is 3.38. The fraction of sp³-hybridized carbons (Fsp3) is 0.259. The predicted octanol–water partition coefficient (Wildman–Crippen LogP) is 5.31. The van der Waals surface area contributed by atoms with Gasteiger partial charge in [-0.3, -0.25) is 4.90 Å². The Morgan fingerprint density at radius 3 is 2.74 bits per heavy atom. The van der Waals surface area contributed by atoms with Crippen LogP contribution in [0.15, 0.2) is 66.2 Å². The molecule has 1 fully saturated rings. The Labute approximate surface area is 224 Å². The molecule has 1 unspecified atom stereocenters. The van der Waals surface area contributed by atoms with Crippen molar-refractivity contribution >= 4 is 40.6 Å². The van der Waals surface area contributed by atoms with Crippen LogP contribution in [-0.4, -0.2) is 63.8 Å². The number of hydrogen-bond acceptors (Lipinski definition) is 8. The first-order chi connectivity index (χ1) is 18.4. The van der Waals surface area contributed by atoms with Crippen molar-refractivity contribution in [2.75, 3.05) is 41.8 Å². The van der Waals surface area contributed by atoms with E-state index in [9.17, 15) is 9.90 Å². The Morgan fingerprint density at radius 1 is 1.18 bits per heavy atom. The molecule has 1 saturated heterocycles. The van der Waals surface area contributed by atoms with Crippen molar-refractivity contribution in [2.45, 2.75) is 19.5 Å². The van der Waals surface area contributed by atoms with Crippen LogP contribution in [0, 0.1) is 5.82 Å². The van der Waals surface area contributed by atoms with E-state index in [4.69, 9.17) is 0 Å². The standard InChI is InChI=1S/C27H28FN7O2S/c1-18-15-34(13-12-33(18)2)23-9-8-20(14-22(23)28)31-26-29-11-10-24(32-26)35(27(36)37)16-21-17-38-25(30-21)19-6-4-3-5-7-19/h3-11,14,17-18H,12-13,15-16H2,1-2H3,(H,36,37)(H,29,31,32). The number of piperazine rings is 1. The van der Waals surface area contributed by atoms with Crippen molar-refractivity contribution in [3.8, 4) is 10.6 Å². The number of amides is 1. The zero-order valence-electron chi connectivity index (χ0n) is 21.1. The second-order valence-corrected chi connectivity index (χ2v) is 10.0. The second-order valence-electron chi connectivity index (χ2n) is 9.18. The normalized spacial score (nSPS) is 15.9. The smallest absolute Gasteiger partial charge is 0.413 e. The van der Waals surface area contributed by atoms with Crippen LogP contribution in [0.4, 0.5) is 32.3 Å². The molecular formula is C27H28FN7O2S. The Balaban J connectivity index is 1.30. The number of carbonyl (C=O) groups is 1. The lowest BCUT2D eigenvalue weighted by molar-refractivity contribution is 0.201. The van der Waals surface area contributed by atoms with Gasteiger partial charge in [0.15, 0.2) is 0 Å². The number of nitrogens with one attached hydrogen (secondary N) is 1. The fourth-order valence-electron chi connectivity index (χ4n) is 4.30. The van der Waals surface area contributed by atoms with Gasteiger partial charge in [0.2, 0.25) is 5.95 Å². The van der Waals surface area contributed by atoms with Crippen LogP contribution in [0.3, 0.4) is 0 Å². The first-order valence-corrected chi connectivity index (χ1v) is 13.1. The highest BCUT2D eigenvalue weighted by molar-refractivity contribution is 7.13. The maximum atomic E-state index is 15.0. The molecule has 0 saturated carbocycles. The number of thiazole rings is 1. The molecule has 0 spiro atoms. The fourth-order valence-corrected chi connectivity index (χ4v) is 5.12. The third-order valence-corrected chi connectivity index (χ3v) is 7.49. The summed E-state index contributed by atoms with van der Waals surface area (Å²) in [6.45, 7) is 4.54. The van der Waals surface area contributed by atoms with Crippen molar-refractivity contribution < 1.29 is 14.3 Å². The van der Waals surface area contributed by atoms with Crippen LogP contribution < -0.4 is 15.1 Å². The van der Waals surface area contributed by atoms with Gasteiger partial charge in [-0.15, -0.1) is 11.3 Å². The van der Waals surface area contributed by atoms with Gasteiger partial charge < -0.3 is 20.2 Å². The molecule has 0 bridgehead atoms. The number of carboxylic acid groups (broad SMARTS) is 1. The van der Waals surface area contributed by atoms with Crippen LogP contribution in [-0.2, 0) is 6.54 Å². The molecule has 38 heavy (non-hydrogen) atoms. The lowest BCUT2D eigenvalue weighted by atomic mass is 10.1. The van der Waals surface area contributed by atoms with E-state index < -0.39 is 6.09 Å². The minimum atomic E-state index is -1.17. The van der Waals surface area contributed by atoms with E-state index in [2.05, 4.69) is 39.1 Å². The molecule has 1 aliphatic rings. The molecule has 9 nitrogen and oxygen atoms in total. The van der Waals surface area contributed by atoms with Crippen LogP contribution in [0.25, 0.3) is 10.6 Å².